The number of rotatable bonds is 6. The van der Waals surface area contributed by atoms with Gasteiger partial charge in [0.25, 0.3) is 0 Å². The minimum Gasteiger partial charge on any atom is -0.395 e. The van der Waals surface area contributed by atoms with Crippen LogP contribution < -0.4 is 0 Å². The largest absolute Gasteiger partial charge is 0.395 e. The lowest BCUT2D eigenvalue weighted by molar-refractivity contribution is 0.160. The van der Waals surface area contributed by atoms with Gasteiger partial charge in [0.1, 0.15) is 0 Å². The molecule has 0 heterocycles. The summed E-state index contributed by atoms with van der Waals surface area (Å²) in [6, 6.07) is 0. The highest BCUT2D eigenvalue weighted by atomic mass is 16.3. The molecule has 0 radical (unpaired) electrons. The standard InChI is InChI=1S/C16H30O2.2CH4/c1-13(2)9-15(5,11-17)7-8-16(6,12-18)10-14(3)4;;/h13-14,17-18H,9-12H2,1-6H3;2*1H4. The van der Waals surface area contributed by atoms with Gasteiger partial charge in [-0.3, -0.25) is 0 Å². The number of hydrogen-bond donors (Lipinski definition) is 2. The summed E-state index contributed by atoms with van der Waals surface area (Å²) in [4.78, 5) is 0. The zero-order chi connectivity index (χ0) is 14.4. The van der Waals surface area contributed by atoms with E-state index in [0.29, 0.717) is 11.8 Å². The molecule has 0 saturated carbocycles. The van der Waals surface area contributed by atoms with Crippen LogP contribution in [0.5, 0.6) is 0 Å². The molecule has 0 aromatic heterocycles. The molecule has 0 bridgehead atoms. The van der Waals surface area contributed by atoms with E-state index >= 15 is 0 Å². The van der Waals surface area contributed by atoms with Crippen LogP contribution in [0.2, 0.25) is 0 Å². The maximum atomic E-state index is 9.52. The van der Waals surface area contributed by atoms with E-state index in [1.807, 2.05) is 13.8 Å². The quantitative estimate of drug-likeness (QED) is 0.713. The van der Waals surface area contributed by atoms with Crippen LogP contribution in [-0.2, 0) is 0 Å². The highest BCUT2D eigenvalue weighted by Gasteiger charge is 2.26. The van der Waals surface area contributed by atoms with Crippen molar-refractivity contribution < 1.29 is 10.2 Å². The van der Waals surface area contributed by atoms with Gasteiger partial charge in [0.15, 0.2) is 0 Å². The molecule has 0 rings (SSSR count). The highest BCUT2D eigenvalue weighted by Crippen LogP contribution is 2.28. The summed E-state index contributed by atoms with van der Waals surface area (Å²) >= 11 is 0. The summed E-state index contributed by atoms with van der Waals surface area (Å²) in [7, 11) is 0. The maximum absolute atomic E-state index is 9.52. The zero-order valence-electron chi connectivity index (χ0n) is 12.9. The Morgan fingerprint density at radius 3 is 1.15 bits per heavy atom. The van der Waals surface area contributed by atoms with Crippen LogP contribution in [0.25, 0.3) is 0 Å². The molecule has 0 fully saturated rings. The first-order valence-corrected chi connectivity index (χ1v) is 6.92. The molecule has 0 aliphatic heterocycles. The van der Waals surface area contributed by atoms with Gasteiger partial charge in [-0.15, -0.1) is 0 Å². The number of aliphatic hydroxyl groups is 2. The van der Waals surface area contributed by atoms with Crippen molar-refractivity contribution in [3.05, 3.63) is 0 Å². The summed E-state index contributed by atoms with van der Waals surface area (Å²) in [5, 5.41) is 19.0. The molecule has 0 aliphatic rings. The maximum Gasteiger partial charge on any atom is 0.0594 e. The van der Waals surface area contributed by atoms with Crippen molar-refractivity contribution in [2.24, 2.45) is 22.7 Å². The first-order chi connectivity index (χ1) is 8.16. The molecule has 2 unspecified atom stereocenters. The Kier molecular flexibility index (Phi) is 12.5. The van der Waals surface area contributed by atoms with Crippen LogP contribution in [0.15, 0.2) is 0 Å². The van der Waals surface area contributed by atoms with Crippen LogP contribution >= 0.6 is 0 Å². The third-order valence-corrected chi connectivity index (χ3v) is 3.08. The van der Waals surface area contributed by atoms with E-state index in [1.165, 1.54) is 0 Å². The minimum atomic E-state index is -0.360. The first kappa shape index (κ1) is 24.5. The Balaban J connectivity index is -0.00000144. The molecule has 2 heteroatoms. The second-order valence-corrected chi connectivity index (χ2v) is 6.88. The molecule has 0 amide bonds. The smallest absolute Gasteiger partial charge is 0.0594 e. The second kappa shape index (κ2) is 10.2. The monoisotopic (exact) mass is 286 g/mol. The van der Waals surface area contributed by atoms with Gasteiger partial charge in [-0.2, -0.15) is 0 Å². The van der Waals surface area contributed by atoms with Crippen molar-refractivity contribution in [1.29, 1.82) is 0 Å². The summed E-state index contributed by atoms with van der Waals surface area (Å²) in [6.45, 7) is 12.7. The Labute approximate surface area is 128 Å². The summed E-state index contributed by atoms with van der Waals surface area (Å²) in [5.74, 6) is 7.43. The molecule has 122 valence electrons. The lowest BCUT2D eigenvalue weighted by Crippen LogP contribution is -2.25. The molecule has 0 aliphatic carbocycles. The van der Waals surface area contributed by atoms with Crippen molar-refractivity contribution in [3.63, 3.8) is 0 Å². The van der Waals surface area contributed by atoms with Crippen LogP contribution in [0.3, 0.4) is 0 Å². The third-order valence-electron chi connectivity index (χ3n) is 3.08. The second-order valence-electron chi connectivity index (χ2n) is 6.88. The molecular weight excluding hydrogens is 248 g/mol. The topological polar surface area (TPSA) is 40.5 Å². The lowest BCUT2D eigenvalue weighted by Gasteiger charge is -2.26. The summed E-state index contributed by atoms with van der Waals surface area (Å²) in [6.07, 6.45) is 1.75. The van der Waals surface area contributed by atoms with E-state index in [4.69, 9.17) is 0 Å². The van der Waals surface area contributed by atoms with Crippen LogP contribution in [0.1, 0.15) is 69.2 Å². The van der Waals surface area contributed by atoms with Crippen LogP contribution in [0.4, 0.5) is 0 Å². The van der Waals surface area contributed by atoms with Gasteiger partial charge in [0.05, 0.1) is 24.0 Å². The lowest BCUT2D eigenvalue weighted by atomic mass is 9.79. The number of hydrogen-bond acceptors (Lipinski definition) is 2. The Morgan fingerprint density at radius 1 is 0.750 bits per heavy atom. The average molecular weight is 286 g/mol. The highest BCUT2D eigenvalue weighted by molar-refractivity contribution is 5.17. The SMILES string of the molecule is C.C.CC(C)CC(C)(C#CC(C)(CO)CC(C)C)CO. The van der Waals surface area contributed by atoms with Crippen molar-refractivity contribution in [3.8, 4) is 11.8 Å². The van der Waals surface area contributed by atoms with Crippen LogP contribution in [0, 0.1) is 34.5 Å². The predicted octanol–water partition coefficient (Wildman–Crippen LogP) is 4.35. The fraction of sp³-hybridized carbons (Fsp3) is 0.889. The summed E-state index contributed by atoms with van der Waals surface area (Å²) < 4.78 is 0. The van der Waals surface area contributed by atoms with Gasteiger partial charge in [-0.1, -0.05) is 54.4 Å². The fourth-order valence-electron chi connectivity index (χ4n) is 2.41. The van der Waals surface area contributed by atoms with Gasteiger partial charge in [-0.05, 0) is 38.5 Å². The molecule has 2 atom stereocenters. The zero-order valence-corrected chi connectivity index (χ0v) is 12.9. The van der Waals surface area contributed by atoms with E-state index in [1.54, 1.807) is 0 Å². The number of aliphatic hydroxyl groups excluding tert-OH is 2. The van der Waals surface area contributed by atoms with Crippen molar-refractivity contribution in [2.75, 3.05) is 13.2 Å². The normalized spacial score (nSPS) is 16.3. The molecule has 0 spiro atoms. The molecule has 2 nitrogen and oxygen atoms in total. The van der Waals surface area contributed by atoms with Gasteiger partial charge < -0.3 is 10.2 Å². The Morgan fingerprint density at radius 2 is 1.00 bits per heavy atom. The fourth-order valence-corrected chi connectivity index (χ4v) is 2.41. The van der Waals surface area contributed by atoms with Crippen molar-refractivity contribution in [1.82, 2.24) is 0 Å². The van der Waals surface area contributed by atoms with Gasteiger partial charge in [-0.25, -0.2) is 0 Å². The van der Waals surface area contributed by atoms with E-state index in [-0.39, 0.29) is 38.9 Å². The van der Waals surface area contributed by atoms with Crippen molar-refractivity contribution in [2.45, 2.75) is 69.2 Å². The van der Waals surface area contributed by atoms with Crippen molar-refractivity contribution >= 4 is 0 Å². The van der Waals surface area contributed by atoms with E-state index in [2.05, 4.69) is 39.5 Å². The Bertz CT molecular complexity index is 270. The molecule has 20 heavy (non-hydrogen) atoms. The first-order valence-electron chi connectivity index (χ1n) is 6.92. The van der Waals surface area contributed by atoms with Crippen LogP contribution in [-0.4, -0.2) is 23.4 Å². The Hall–Kier alpha value is -0.520. The molecule has 2 N–H and O–H groups in total. The molecule has 0 saturated heterocycles. The van der Waals surface area contributed by atoms with Gasteiger partial charge in [0.2, 0.25) is 0 Å². The van der Waals surface area contributed by atoms with E-state index in [0.717, 1.165) is 12.8 Å². The summed E-state index contributed by atoms with van der Waals surface area (Å²) in [5.41, 5.74) is -0.719. The average Bonchev–Trinajstić information content (AvgIpc) is 2.25. The van der Waals surface area contributed by atoms with E-state index in [9.17, 15) is 10.2 Å². The van der Waals surface area contributed by atoms with E-state index < -0.39 is 0 Å². The minimum absolute atomic E-state index is 0. The molecule has 0 aromatic rings. The van der Waals surface area contributed by atoms with Gasteiger partial charge >= 0.3 is 0 Å². The molecule has 0 aromatic carbocycles. The third kappa shape index (κ3) is 9.39. The van der Waals surface area contributed by atoms with Gasteiger partial charge in [0, 0.05) is 0 Å². The molecular formula is C18H38O2. The predicted molar refractivity (Wildman–Crippen MR) is 90.5 cm³/mol.